The first kappa shape index (κ1) is 17.6. The Morgan fingerprint density at radius 1 is 0.615 bits per heavy atom. The zero-order chi connectivity index (χ0) is 18.2. The Labute approximate surface area is 154 Å². The first-order valence-corrected chi connectivity index (χ1v) is 8.70. The number of allylic oxidation sites excluding steroid dienone is 2. The summed E-state index contributed by atoms with van der Waals surface area (Å²) in [6.07, 6.45) is 9.07. The van der Waals surface area contributed by atoms with Gasteiger partial charge in [-0.2, -0.15) is 0 Å². The van der Waals surface area contributed by atoms with Crippen LogP contribution in [0.1, 0.15) is 22.3 Å². The van der Waals surface area contributed by atoms with E-state index in [1.54, 1.807) is 12.1 Å². The van der Waals surface area contributed by atoms with Gasteiger partial charge in [-0.05, 0) is 35.6 Å². The Morgan fingerprint density at radius 2 is 1.15 bits per heavy atom. The quantitative estimate of drug-likeness (QED) is 0.611. The Morgan fingerprint density at radius 3 is 1.73 bits per heavy atom. The van der Waals surface area contributed by atoms with E-state index in [4.69, 9.17) is 0 Å². The average Bonchev–Trinajstić information content (AvgIpc) is 2.68. The Balaban J connectivity index is 1.71. The van der Waals surface area contributed by atoms with Crippen LogP contribution in [0.2, 0.25) is 0 Å². The van der Waals surface area contributed by atoms with Crippen LogP contribution in [-0.2, 0) is 12.8 Å². The van der Waals surface area contributed by atoms with Gasteiger partial charge in [0.05, 0.1) is 0 Å². The van der Waals surface area contributed by atoms with Crippen LogP contribution in [-0.4, -0.2) is 10.2 Å². The van der Waals surface area contributed by atoms with Crippen molar-refractivity contribution >= 4 is 12.2 Å². The maximum Gasteiger partial charge on any atom is 0.126 e. The van der Waals surface area contributed by atoms with Crippen molar-refractivity contribution in [3.05, 3.63) is 107 Å². The minimum Gasteiger partial charge on any atom is -0.508 e. The molecule has 0 unspecified atom stereocenters. The van der Waals surface area contributed by atoms with Crippen LogP contribution < -0.4 is 0 Å². The second kappa shape index (κ2) is 8.72. The molecule has 0 radical (unpaired) electrons. The lowest BCUT2D eigenvalue weighted by atomic mass is 10.0. The Kier molecular flexibility index (Phi) is 5.89. The van der Waals surface area contributed by atoms with Crippen LogP contribution in [0, 0.1) is 0 Å². The third kappa shape index (κ3) is 4.64. The fourth-order valence-corrected chi connectivity index (χ4v) is 2.80. The third-order valence-corrected chi connectivity index (χ3v) is 4.22. The minimum atomic E-state index is 0.121. The predicted molar refractivity (Wildman–Crippen MR) is 108 cm³/mol. The number of benzene rings is 3. The molecule has 0 saturated carbocycles. The molecule has 0 saturated heterocycles. The lowest BCUT2D eigenvalue weighted by Gasteiger charge is -2.09. The normalized spacial score (nSPS) is 11.4. The largest absolute Gasteiger partial charge is 0.508 e. The van der Waals surface area contributed by atoms with Crippen LogP contribution in [0.4, 0.5) is 0 Å². The second-order valence-electron chi connectivity index (χ2n) is 6.11. The number of aromatic hydroxyl groups is 2. The fraction of sp³-hybridized carbons (Fsp3) is 0.0833. The molecular formula is C24H22O2. The molecule has 2 nitrogen and oxygen atoms in total. The molecule has 0 atom stereocenters. The van der Waals surface area contributed by atoms with Crippen LogP contribution in [0.3, 0.4) is 0 Å². The van der Waals surface area contributed by atoms with Crippen LogP contribution in [0.15, 0.2) is 84.9 Å². The van der Waals surface area contributed by atoms with E-state index >= 15 is 0 Å². The van der Waals surface area contributed by atoms with E-state index in [1.807, 2.05) is 85.0 Å². The molecule has 0 aliphatic carbocycles. The van der Waals surface area contributed by atoms with Gasteiger partial charge in [0.1, 0.15) is 11.5 Å². The Hall–Kier alpha value is -3.26. The summed E-state index contributed by atoms with van der Waals surface area (Å²) in [6, 6.07) is 23.4. The summed E-state index contributed by atoms with van der Waals surface area (Å²) in [5, 5.41) is 20.6. The smallest absolute Gasteiger partial charge is 0.126 e. The topological polar surface area (TPSA) is 40.5 Å². The monoisotopic (exact) mass is 342 g/mol. The molecular weight excluding hydrogens is 320 g/mol. The number of rotatable bonds is 6. The van der Waals surface area contributed by atoms with Gasteiger partial charge in [0.25, 0.3) is 0 Å². The molecule has 130 valence electrons. The summed E-state index contributed by atoms with van der Waals surface area (Å²) in [5.41, 5.74) is 3.58. The van der Waals surface area contributed by atoms with E-state index in [-0.39, 0.29) is 11.5 Å². The van der Waals surface area contributed by atoms with Crippen molar-refractivity contribution < 1.29 is 10.2 Å². The molecule has 3 rings (SSSR count). The molecule has 0 aliphatic rings. The van der Waals surface area contributed by atoms with Crippen LogP contribution in [0.5, 0.6) is 11.5 Å². The van der Waals surface area contributed by atoms with Gasteiger partial charge in [-0.25, -0.2) is 0 Å². The van der Waals surface area contributed by atoms with Gasteiger partial charge in [-0.3, -0.25) is 0 Å². The molecule has 0 spiro atoms. The molecule has 26 heavy (non-hydrogen) atoms. The molecule has 0 fully saturated rings. The Bertz CT molecular complexity index is 894. The molecule has 0 bridgehead atoms. The van der Waals surface area contributed by atoms with E-state index in [0.29, 0.717) is 18.4 Å². The first-order chi connectivity index (χ1) is 12.7. The van der Waals surface area contributed by atoms with E-state index in [2.05, 4.69) is 0 Å². The molecule has 0 aromatic heterocycles. The SMILES string of the molecule is Oc1ccc(C/C=C/c2ccccc2)c(O)c1C/C=C/c1ccccc1. The standard InChI is InChI=1S/C24H22O2/c25-23-18-17-21(15-7-13-19-9-3-1-4-10-19)24(26)22(23)16-8-14-20-11-5-2-6-12-20/h1-14,17-18,25-26H,15-16H2/b13-7+,14-8+. The summed E-state index contributed by atoms with van der Waals surface area (Å²) in [7, 11) is 0. The zero-order valence-electron chi connectivity index (χ0n) is 14.5. The summed E-state index contributed by atoms with van der Waals surface area (Å²) in [4.78, 5) is 0. The minimum absolute atomic E-state index is 0.121. The van der Waals surface area contributed by atoms with Crippen molar-refractivity contribution in [1.29, 1.82) is 0 Å². The summed E-state index contributed by atoms with van der Waals surface area (Å²) in [6.45, 7) is 0. The van der Waals surface area contributed by atoms with Crippen molar-refractivity contribution in [2.24, 2.45) is 0 Å². The summed E-state index contributed by atoms with van der Waals surface area (Å²) < 4.78 is 0. The van der Waals surface area contributed by atoms with Gasteiger partial charge in [0, 0.05) is 5.56 Å². The maximum absolute atomic E-state index is 10.5. The molecule has 3 aromatic rings. The maximum atomic E-state index is 10.5. The lowest BCUT2D eigenvalue weighted by molar-refractivity contribution is 0.437. The van der Waals surface area contributed by atoms with Gasteiger partial charge in [-0.1, -0.05) is 91.0 Å². The molecule has 2 N–H and O–H groups in total. The van der Waals surface area contributed by atoms with Crippen LogP contribution >= 0.6 is 0 Å². The van der Waals surface area contributed by atoms with Crippen molar-refractivity contribution in [2.45, 2.75) is 12.8 Å². The van der Waals surface area contributed by atoms with Gasteiger partial charge >= 0.3 is 0 Å². The summed E-state index contributed by atoms with van der Waals surface area (Å²) >= 11 is 0. The molecule has 0 aliphatic heterocycles. The van der Waals surface area contributed by atoms with Gasteiger partial charge < -0.3 is 10.2 Å². The first-order valence-electron chi connectivity index (χ1n) is 8.70. The van der Waals surface area contributed by atoms with Gasteiger partial charge in [0.15, 0.2) is 0 Å². The number of phenols is 2. The van der Waals surface area contributed by atoms with Crippen molar-refractivity contribution in [3.63, 3.8) is 0 Å². The highest BCUT2D eigenvalue weighted by atomic mass is 16.3. The highest BCUT2D eigenvalue weighted by Gasteiger charge is 2.10. The van der Waals surface area contributed by atoms with Gasteiger partial charge in [0.2, 0.25) is 0 Å². The predicted octanol–water partition coefficient (Wildman–Crippen LogP) is 5.61. The number of phenolic OH excluding ortho intramolecular Hbond substituents is 2. The molecule has 0 amide bonds. The molecule has 3 aromatic carbocycles. The van der Waals surface area contributed by atoms with Crippen molar-refractivity contribution in [3.8, 4) is 11.5 Å². The average molecular weight is 342 g/mol. The van der Waals surface area contributed by atoms with E-state index in [9.17, 15) is 10.2 Å². The van der Waals surface area contributed by atoms with Gasteiger partial charge in [-0.15, -0.1) is 0 Å². The number of hydrogen-bond acceptors (Lipinski definition) is 2. The second-order valence-corrected chi connectivity index (χ2v) is 6.11. The van der Waals surface area contributed by atoms with E-state index in [0.717, 1.165) is 16.7 Å². The zero-order valence-corrected chi connectivity index (χ0v) is 14.5. The highest BCUT2D eigenvalue weighted by molar-refractivity contribution is 5.55. The lowest BCUT2D eigenvalue weighted by Crippen LogP contribution is -1.90. The van der Waals surface area contributed by atoms with Crippen LogP contribution in [0.25, 0.3) is 12.2 Å². The molecule has 2 heteroatoms. The van der Waals surface area contributed by atoms with E-state index < -0.39 is 0 Å². The highest BCUT2D eigenvalue weighted by Crippen LogP contribution is 2.32. The number of hydrogen-bond donors (Lipinski definition) is 2. The third-order valence-electron chi connectivity index (χ3n) is 4.22. The van der Waals surface area contributed by atoms with Crippen molar-refractivity contribution in [1.82, 2.24) is 0 Å². The fourth-order valence-electron chi connectivity index (χ4n) is 2.80. The summed E-state index contributed by atoms with van der Waals surface area (Å²) in [5.74, 6) is 0.288. The van der Waals surface area contributed by atoms with Crippen molar-refractivity contribution in [2.75, 3.05) is 0 Å². The van der Waals surface area contributed by atoms with E-state index in [1.165, 1.54) is 0 Å². The molecule has 0 heterocycles.